The number of rotatable bonds is 3. The summed E-state index contributed by atoms with van der Waals surface area (Å²) in [6.45, 7) is 1.86. The highest BCUT2D eigenvalue weighted by Crippen LogP contribution is 2.34. The number of para-hydroxylation sites is 1. The molecule has 138 valence electrons. The van der Waals surface area contributed by atoms with Gasteiger partial charge in [-0.15, -0.1) is 0 Å². The van der Waals surface area contributed by atoms with Crippen LogP contribution in [0.3, 0.4) is 0 Å². The number of hydrogen-bond donors (Lipinski definition) is 1. The first-order valence-corrected chi connectivity index (χ1v) is 10.5. The van der Waals surface area contributed by atoms with E-state index in [0.29, 0.717) is 23.4 Å². The van der Waals surface area contributed by atoms with Crippen molar-refractivity contribution in [3.05, 3.63) is 65.9 Å². The summed E-state index contributed by atoms with van der Waals surface area (Å²) in [4.78, 5) is 17.0. The summed E-state index contributed by atoms with van der Waals surface area (Å²) in [7, 11) is -3.34. The molecule has 1 N–H and O–H groups in total. The molecule has 2 heterocycles. The maximum atomic E-state index is 12.6. The molecule has 0 spiro atoms. The van der Waals surface area contributed by atoms with Gasteiger partial charge in [0.25, 0.3) is 5.91 Å². The normalized spacial score (nSPS) is 16.4. The van der Waals surface area contributed by atoms with E-state index in [1.807, 2.05) is 37.3 Å². The molecule has 1 aliphatic heterocycles. The number of amides is 1. The Labute approximate surface area is 157 Å². The Bertz CT molecular complexity index is 1160. The van der Waals surface area contributed by atoms with Crippen molar-refractivity contribution in [2.24, 2.45) is 0 Å². The van der Waals surface area contributed by atoms with E-state index in [1.54, 1.807) is 24.4 Å². The molecule has 1 atom stereocenters. The third kappa shape index (κ3) is 3.26. The zero-order valence-electron chi connectivity index (χ0n) is 15.0. The minimum atomic E-state index is -3.34. The third-order valence-corrected chi connectivity index (χ3v) is 5.97. The molecule has 0 fully saturated rings. The standard InChI is InChI=1S/C20H19N3O3S/c1-13-9-16-10-15(7-8-19(16)23(13)27(2,25)26)20(24)22-17-11-14-5-3-4-6-18(14)21-12-17/h3-8,10-13H,9H2,1-2H3,(H,22,24). The SMILES string of the molecule is CC1Cc2cc(C(=O)Nc3cnc4ccccc4c3)ccc2N1S(C)(=O)=O. The largest absolute Gasteiger partial charge is 0.321 e. The van der Waals surface area contributed by atoms with Crippen molar-refractivity contribution in [3.8, 4) is 0 Å². The molecule has 6 nitrogen and oxygen atoms in total. The molecular weight excluding hydrogens is 362 g/mol. The van der Waals surface area contributed by atoms with Gasteiger partial charge in [-0.3, -0.25) is 14.1 Å². The van der Waals surface area contributed by atoms with Gasteiger partial charge >= 0.3 is 0 Å². The second-order valence-corrected chi connectivity index (χ2v) is 8.69. The molecule has 0 radical (unpaired) electrons. The first kappa shape index (κ1) is 17.5. The van der Waals surface area contributed by atoms with Gasteiger partial charge in [0.05, 0.1) is 29.3 Å². The molecule has 1 unspecified atom stereocenters. The van der Waals surface area contributed by atoms with E-state index in [4.69, 9.17) is 0 Å². The molecule has 1 aliphatic rings. The number of anilines is 2. The van der Waals surface area contributed by atoms with Crippen LogP contribution < -0.4 is 9.62 Å². The van der Waals surface area contributed by atoms with E-state index < -0.39 is 10.0 Å². The van der Waals surface area contributed by atoms with Crippen LogP contribution in [0.25, 0.3) is 10.9 Å². The summed E-state index contributed by atoms with van der Waals surface area (Å²) in [5, 5.41) is 3.81. The van der Waals surface area contributed by atoms with Gasteiger partial charge in [-0.2, -0.15) is 0 Å². The van der Waals surface area contributed by atoms with Crippen LogP contribution in [0.1, 0.15) is 22.8 Å². The van der Waals surface area contributed by atoms with E-state index in [1.165, 1.54) is 10.6 Å². The number of benzene rings is 2. The number of carbonyl (C=O) groups excluding carboxylic acids is 1. The van der Waals surface area contributed by atoms with Crippen molar-refractivity contribution < 1.29 is 13.2 Å². The van der Waals surface area contributed by atoms with Gasteiger partial charge < -0.3 is 5.32 Å². The molecule has 7 heteroatoms. The average Bonchev–Trinajstić information content (AvgIpc) is 2.96. The quantitative estimate of drug-likeness (QED) is 0.756. The second-order valence-electron chi connectivity index (χ2n) is 6.83. The Hall–Kier alpha value is -2.93. The van der Waals surface area contributed by atoms with E-state index in [9.17, 15) is 13.2 Å². The highest BCUT2D eigenvalue weighted by atomic mass is 32.2. The Morgan fingerprint density at radius 2 is 1.96 bits per heavy atom. The molecule has 1 aromatic heterocycles. The van der Waals surface area contributed by atoms with Gasteiger partial charge in [0, 0.05) is 17.0 Å². The third-order valence-electron chi connectivity index (χ3n) is 4.70. The number of pyridine rings is 1. The molecular formula is C20H19N3O3S. The summed E-state index contributed by atoms with van der Waals surface area (Å²) in [6.07, 6.45) is 3.41. The van der Waals surface area contributed by atoms with Crippen molar-refractivity contribution in [1.29, 1.82) is 0 Å². The number of sulfonamides is 1. The second kappa shape index (κ2) is 6.35. The monoisotopic (exact) mass is 381 g/mol. The van der Waals surface area contributed by atoms with E-state index in [-0.39, 0.29) is 11.9 Å². The lowest BCUT2D eigenvalue weighted by Crippen LogP contribution is -2.34. The lowest BCUT2D eigenvalue weighted by atomic mass is 10.1. The number of hydrogen-bond acceptors (Lipinski definition) is 4. The molecule has 0 saturated heterocycles. The van der Waals surface area contributed by atoms with Gasteiger partial charge in [-0.25, -0.2) is 8.42 Å². The Morgan fingerprint density at radius 1 is 1.19 bits per heavy atom. The predicted octanol–water partition coefficient (Wildman–Crippen LogP) is 3.20. The maximum Gasteiger partial charge on any atom is 0.255 e. The summed E-state index contributed by atoms with van der Waals surface area (Å²) in [5.41, 5.74) is 3.48. The zero-order valence-corrected chi connectivity index (χ0v) is 15.8. The lowest BCUT2D eigenvalue weighted by Gasteiger charge is -2.21. The number of carbonyl (C=O) groups is 1. The van der Waals surface area contributed by atoms with E-state index in [0.717, 1.165) is 16.5 Å². The fourth-order valence-electron chi connectivity index (χ4n) is 3.59. The van der Waals surface area contributed by atoms with Crippen molar-refractivity contribution in [2.75, 3.05) is 15.9 Å². The van der Waals surface area contributed by atoms with Gasteiger partial charge in [-0.1, -0.05) is 18.2 Å². The topological polar surface area (TPSA) is 79.4 Å². The number of nitrogens with zero attached hydrogens (tertiary/aromatic N) is 2. The van der Waals surface area contributed by atoms with Gasteiger partial charge in [-0.05, 0) is 49.2 Å². The van der Waals surface area contributed by atoms with Crippen LogP contribution in [0.2, 0.25) is 0 Å². The average molecular weight is 381 g/mol. The molecule has 0 bridgehead atoms. The van der Waals surface area contributed by atoms with Crippen molar-refractivity contribution >= 4 is 38.2 Å². The lowest BCUT2D eigenvalue weighted by molar-refractivity contribution is 0.102. The first-order chi connectivity index (χ1) is 12.8. The minimum Gasteiger partial charge on any atom is -0.321 e. The van der Waals surface area contributed by atoms with Crippen LogP contribution in [-0.4, -0.2) is 31.6 Å². The Kier molecular flexibility index (Phi) is 4.11. The number of fused-ring (bicyclic) bond motifs is 2. The van der Waals surface area contributed by atoms with Crippen LogP contribution >= 0.6 is 0 Å². The van der Waals surface area contributed by atoms with Crippen LogP contribution in [0.15, 0.2) is 54.7 Å². The fourth-order valence-corrected chi connectivity index (χ4v) is 4.86. The maximum absolute atomic E-state index is 12.6. The zero-order chi connectivity index (χ0) is 19.2. The molecule has 1 amide bonds. The molecule has 4 rings (SSSR count). The van der Waals surface area contributed by atoms with Crippen LogP contribution in [0.4, 0.5) is 11.4 Å². The Morgan fingerprint density at radius 3 is 2.74 bits per heavy atom. The van der Waals surface area contributed by atoms with Gasteiger partial charge in [0.1, 0.15) is 0 Å². The fraction of sp³-hybridized carbons (Fsp3) is 0.200. The van der Waals surface area contributed by atoms with Crippen molar-refractivity contribution in [1.82, 2.24) is 4.98 Å². The van der Waals surface area contributed by atoms with Gasteiger partial charge in [0.2, 0.25) is 10.0 Å². The predicted molar refractivity (Wildman–Crippen MR) is 107 cm³/mol. The number of aromatic nitrogens is 1. The molecule has 27 heavy (non-hydrogen) atoms. The van der Waals surface area contributed by atoms with Crippen LogP contribution in [-0.2, 0) is 16.4 Å². The van der Waals surface area contributed by atoms with Crippen molar-refractivity contribution in [3.63, 3.8) is 0 Å². The summed E-state index contributed by atoms with van der Waals surface area (Å²) in [6, 6.07) is 14.5. The molecule has 0 aliphatic carbocycles. The van der Waals surface area contributed by atoms with Gasteiger partial charge in [0.15, 0.2) is 0 Å². The number of nitrogens with one attached hydrogen (secondary N) is 1. The highest BCUT2D eigenvalue weighted by Gasteiger charge is 2.32. The minimum absolute atomic E-state index is 0.155. The molecule has 2 aromatic carbocycles. The van der Waals surface area contributed by atoms with Crippen LogP contribution in [0, 0.1) is 0 Å². The summed E-state index contributed by atoms with van der Waals surface area (Å²) < 4.78 is 25.4. The van der Waals surface area contributed by atoms with E-state index >= 15 is 0 Å². The highest BCUT2D eigenvalue weighted by molar-refractivity contribution is 7.92. The van der Waals surface area contributed by atoms with E-state index in [2.05, 4.69) is 10.3 Å². The molecule has 3 aromatic rings. The van der Waals surface area contributed by atoms with Crippen molar-refractivity contribution in [2.45, 2.75) is 19.4 Å². The summed E-state index contributed by atoms with van der Waals surface area (Å²) >= 11 is 0. The smallest absolute Gasteiger partial charge is 0.255 e. The van der Waals surface area contributed by atoms with Crippen LogP contribution in [0.5, 0.6) is 0 Å². The molecule has 0 saturated carbocycles. The Balaban J connectivity index is 1.60. The first-order valence-electron chi connectivity index (χ1n) is 8.61. The summed E-state index contributed by atoms with van der Waals surface area (Å²) in [5.74, 6) is -0.250.